The van der Waals surface area contributed by atoms with Crippen molar-refractivity contribution in [2.75, 3.05) is 0 Å². The Kier molecular flexibility index (Phi) is 3.63. The van der Waals surface area contributed by atoms with Crippen LogP contribution in [-0.4, -0.2) is 20.0 Å². The van der Waals surface area contributed by atoms with E-state index in [1.807, 2.05) is 7.05 Å². The summed E-state index contributed by atoms with van der Waals surface area (Å²) in [6.07, 6.45) is 0. The van der Waals surface area contributed by atoms with Gasteiger partial charge >= 0.3 is 0 Å². The van der Waals surface area contributed by atoms with Gasteiger partial charge in [-0.1, -0.05) is 11.8 Å². The molecule has 0 aliphatic heterocycles. The fourth-order valence-electron chi connectivity index (χ4n) is 1.45. The summed E-state index contributed by atoms with van der Waals surface area (Å²) in [5.74, 6) is 0.372. The first-order valence-electron chi connectivity index (χ1n) is 5.33. The summed E-state index contributed by atoms with van der Waals surface area (Å²) in [6, 6.07) is 8.21. The zero-order valence-corrected chi connectivity index (χ0v) is 10.8. The molecule has 0 fully saturated rings. The lowest BCUT2D eigenvalue weighted by atomic mass is 10.2. The van der Waals surface area contributed by atoms with E-state index in [4.69, 9.17) is 5.26 Å². The monoisotopic (exact) mass is 262 g/mol. The van der Waals surface area contributed by atoms with Crippen molar-refractivity contribution in [1.82, 2.24) is 14.8 Å². The van der Waals surface area contributed by atoms with Gasteiger partial charge in [-0.3, -0.25) is 0 Å². The van der Waals surface area contributed by atoms with Gasteiger partial charge < -0.3 is 4.57 Å². The van der Waals surface area contributed by atoms with Crippen molar-refractivity contribution in [2.45, 2.75) is 17.3 Å². The molecule has 0 saturated carbocycles. The average Bonchev–Trinajstić information content (AvgIpc) is 2.72. The Hall–Kier alpha value is -1.87. The molecule has 1 atom stereocenters. The molecular weight excluding hydrogens is 251 g/mol. The van der Waals surface area contributed by atoms with E-state index in [0.29, 0.717) is 11.0 Å². The Morgan fingerprint density at radius 1 is 1.33 bits per heavy atom. The molecule has 1 heterocycles. The number of halogens is 1. The van der Waals surface area contributed by atoms with Crippen molar-refractivity contribution in [3.05, 3.63) is 30.1 Å². The van der Waals surface area contributed by atoms with E-state index in [9.17, 15) is 4.39 Å². The molecule has 0 aliphatic rings. The zero-order valence-electron chi connectivity index (χ0n) is 9.96. The highest BCUT2D eigenvalue weighted by molar-refractivity contribution is 8.00. The summed E-state index contributed by atoms with van der Waals surface area (Å²) in [6.45, 7) is 1.80. The number of aromatic nitrogens is 3. The van der Waals surface area contributed by atoms with E-state index in [1.54, 1.807) is 23.6 Å². The molecule has 0 saturated heterocycles. The Bertz CT molecular complexity index is 585. The third kappa shape index (κ3) is 2.51. The first-order valence-corrected chi connectivity index (χ1v) is 6.21. The van der Waals surface area contributed by atoms with Crippen LogP contribution in [0.25, 0.3) is 11.4 Å². The van der Waals surface area contributed by atoms with Crippen LogP contribution in [0.4, 0.5) is 4.39 Å². The molecule has 1 aromatic heterocycles. The standard InChI is InChI=1S/C12H11FN4S/c1-8(7-14)18-12-16-15-11(17(12)2)9-3-5-10(13)6-4-9/h3-6,8H,1-2H3/t8-/m1/s1. The second-order valence-electron chi connectivity index (χ2n) is 3.76. The number of nitrogens with zero attached hydrogens (tertiary/aromatic N) is 4. The van der Waals surface area contributed by atoms with Crippen LogP contribution >= 0.6 is 11.8 Å². The van der Waals surface area contributed by atoms with Crippen LogP contribution in [-0.2, 0) is 7.05 Å². The first kappa shape index (κ1) is 12.6. The van der Waals surface area contributed by atoms with Gasteiger partial charge in [0.05, 0.1) is 11.3 Å². The summed E-state index contributed by atoms with van der Waals surface area (Å²) >= 11 is 1.34. The number of hydrogen-bond donors (Lipinski definition) is 0. The molecule has 0 unspecified atom stereocenters. The molecule has 0 N–H and O–H groups in total. The quantitative estimate of drug-likeness (QED) is 0.798. The number of thioether (sulfide) groups is 1. The van der Waals surface area contributed by atoms with E-state index < -0.39 is 0 Å². The van der Waals surface area contributed by atoms with Gasteiger partial charge in [-0.05, 0) is 31.2 Å². The van der Waals surface area contributed by atoms with Crippen LogP contribution in [0.5, 0.6) is 0 Å². The van der Waals surface area contributed by atoms with Crippen molar-refractivity contribution < 1.29 is 4.39 Å². The minimum atomic E-state index is -0.284. The Labute approximate surface area is 108 Å². The van der Waals surface area contributed by atoms with Crippen molar-refractivity contribution in [1.29, 1.82) is 5.26 Å². The molecule has 1 aromatic carbocycles. The van der Waals surface area contributed by atoms with Gasteiger partial charge in [-0.25, -0.2) is 4.39 Å². The third-order valence-corrected chi connectivity index (χ3v) is 3.43. The lowest BCUT2D eigenvalue weighted by Crippen LogP contribution is -1.98. The smallest absolute Gasteiger partial charge is 0.192 e. The molecule has 0 bridgehead atoms. The van der Waals surface area contributed by atoms with Crippen LogP contribution < -0.4 is 0 Å². The summed E-state index contributed by atoms with van der Waals surface area (Å²) in [5.41, 5.74) is 0.794. The van der Waals surface area contributed by atoms with Gasteiger partial charge in [0.2, 0.25) is 0 Å². The van der Waals surface area contributed by atoms with Crippen LogP contribution in [0, 0.1) is 17.1 Å². The van der Waals surface area contributed by atoms with Crippen molar-refractivity contribution in [3.63, 3.8) is 0 Å². The van der Waals surface area contributed by atoms with Crippen LogP contribution in [0.2, 0.25) is 0 Å². The minimum Gasteiger partial charge on any atom is -0.305 e. The van der Waals surface area contributed by atoms with Gasteiger partial charge in [0.1, 0.15) is 5.82 Å². The summed E-state index contributed by atoms with van der Waals surface area (Å²) in [4.78, 5) is 0. The van der Waals surface area contributed by atoms with Crippen molar-refractivity contribution in [2.24, 2.45) is 7.05 Å². The van der Waals surface area contributed by atoms with E-state index in [-0.39, 0.29) is 11.1 Å². The molecule has 0 amide bonds. The maximum absolute atomic E-state index is 12.8. The second kappa shape index (κ2) is 5.19. The summed E-state index contributed by atoms with van der Waals surface area (Å²) in [7, 11) is 1.82. The van der Waals surface area contributed by atoms with Gasteiger partial charge in [0.15, 0.2) is 11.0 Å². The topological polar surface area (TPSA) is 54.5 Å². The SMILES string of the molecule is C[C@H](C#N)Sc1nnc(-c2ccc(F)cc2)n1C. The number of rotatable bonds is 3. The largest absolute Gasteiger partial charge is 0.305 e. The molecular formula is C12H11FN4S. The van der Waals surface area contributed by atoms with Gasteiger partial charge in [-0.2, -0.15) is 5.26 Å². The number of benzene rings is 1. The average molecular weight is 262 g/mol. The lowest BCUT2D eigenvalue weighted by Gasteiger charge is -2.04. The highest BCUT2D eigenvalue weighted by Gasteiger charge is 2.13. The second-order valence-corrected chi connectivity index (χ2v) is 5.07. The zero-order chi connectivity index (χ0) is 13.1. The van der Waals surface area contributed by atoms with Crippen molar-refractivity contribution in [3.8, 4) is 17.5 Å². The van der Waals surface area contributed by atoms with E-state index in [2.05, 4.69) is 16.3 Å². The first-order chi connectivity index (χ1) is 8.61. The fraction of sp³-hybridized carbons (Fsp3) is 0.250. The molecule has 0 radical (unpaired) electrons. The van der Waals surface area contributed by atoms with E-state index in [0.717, 1.165) is 5.56 Å². The van der Waals surface area contributed by atoms with E-state index >= 15 is 0 Å². The van der Waals surface area contributed by atoms with Gasteiger partial charge in [0.25, 0.3) is 0 Å². The highest BCUT2D eigenvalue weighted by atomic mass is 32.2. The Balaban J connectivity index is 2.31. The maximum Gasteiger partial charge on any atom is 0.192 e. The molecule has 18 heavy (non-hydrogen) atoms. The minimum absolute atomic E-state index is 0.186. The van der Waals surface area contributed by atoms with E-state index in [1.165, 1.54) is 23.9 Å². The molecule has 92 valence electrons. The molecule has 2 rings (SSSR count). The fourth-order valence-corrected chi connectivity index (χ4v) is 2.15. The van der Waals surface area contributed by atoms with Crippen LogP contribution in [0.1, 0.15) is 6.92 Å². The summed E-state index contributed by atoms with van der Waals surface area (Å²) in [5, 5.41) is 17.4. The molecule has 0 spiro atoms. The lowest BCUT2D eigenvalue weighted by molar-refractivity contribution is 0.628. The normalized spacial score (nSPS) is 12.1. The van der Waals surface area contributed by atoms with Gasteiger partial charge in [-0.15, -0.1) is 10.2 Å². The predicted octanol–water partition coefficient (Wildman–Crippen LogP) is 2.63. The van der Waals surface area contributed by atoms with Crippen LogP contribution in [0.3, 0.4) is 0 Å². The Morgan fingerprint density at radius 2 is 2.00 bits per heavy atom. The van der Waals surface area contributed by atoms with Crippen molar-refractivity contribution >= 4 is 11.8 Å². The van der Waals surface area contributed by atoms with Gasteiger partial charge in [0, 0.05) is 12.6 Å². The molecule has 0 aliphatic carbocycles. The summed E-state index contributed by atoms with van der Waals surface area (Å²) < 4.78 is 14.6. The maximum atomic E-state index is 12.8. The molecule has 6 heteroatoms. The predicted molar refractivity (Wildman–Crippen MR) is 67.3 cm³/mol. The van der Waals surface area contributed by atoms with Crippen LogP contribution in [0.15, 0.2) is 29.4 Å². The Morgan fingerprint density at radius 3 is 2.61 bits per heavy atom. The third-order valence-electron chi connectivity index (χ3n) is 2.40. The highest BCUT2D eigenvalue weighted by Crippen LogP contribution is 2.25. The molecule has 2 aromatic rings. The number of nitriles is 1. The molecule has 4 nitrogen and oxygen atoms in total. The number of hydrogen-bond acceptors (Lipinski definition) is 4.